The Morgan fingerprint density at radius 2 is 2.17 bits per heavy atom. The van der Waals surface area contributed by atoms with Gasteiger partial charge >= 0.3 is 0 Å². The van der Waals surface area contributed by atoms with E-state index >= 15 is 0 Å². The van der Waals surface area contributed by atoms with Crippen LogP contribution in [0.1, 0.15) is 19.8 Å². The summed E-state index contributed by atoms with van der Waals surface area (Å²) in [7, 11) is 0. The van der Waals surface area contributed by atoms with E-state index in [4.69, 9.17) is 0 Å². The van der Waals surface area contributed by atoms with E-state index in [9.17, 15) is 4.79 Å². The van der Waals surface area contributed by atoms with Crippen LogP contribution in [0, 0.1) is 0 Å². The van der Waals surface area contributed by atoms with Crippen LogP contribution in [0.2, 0.25) is 0 Å². The second kappa shape index (κ2) is 7.74. The fourth-order valence-electron chi connectivity index (χ4n) is 0.665. The zero-order chi connectivity index (χ0) is 9.40. The van der Waals surface area contributed by atoms with Gasteiger partial charge in [0.2, 0.25) is 0 Å². The molecule has 3 heteroatoms. The molecular weight excluding hydrogens is 284 g/mol. The highest BCUT2D eigenvalue weighted by atomic mass is 79.9. The third-order valence-electron chi connectivity index (χ3n) is 1.24. The molecule has 0 radical (unpaired) electrons. The third kappa shape index (κ3) is 6.80. The van der Waals surface area contributed by atoms with E-state index in [0.29, 0.717) is 11.8 Å². The molecule has 0 rings (SSSR count). The Kier molecular flexibility index (Phi) is 7.81. The lowest BCUT2D eigenvalue weighted by Crippen LogP contribution is -1.96. The van der Waals surface area contributed by atoms with Crippen molar-refractivity contribution in [2.45, 2.75) is 19.8 Å². The Labute approximate surface area is 90.2 Å². The zero-order valence-corrected chi connectivity index (χ0v) is 10.2. The van der Waals surface area contributed by atoms with Gasteiger partial charge in [-0.1, -0.05) is 50.1 Å². The molecule has 0 saturated carbocycles. The van der Waals surface area contributed by atoms with E-state index in [0.717, 1.165) is 10.9 Å². The van der Waals surface area contributed by atoms with Crippen LogP contribution >= 0.6 is 31.9 Å². The molecule has 0 aliphatic heterocycles. The maximum atomic E-state index is 10.8. The molecule has 0 spiro atoms. The van der Waals surface area contributed by atoms with Crippen molar-refractivity contribution in [2.24, 2.45) is 0 Å². The SMILES string of the molecule is C/C=C\C(Br)=C/CCC(=O)CBr. The van der Waals surface area contributed by atoms with Crippen molar-refractivity contribution >= 4 is 37.6 Å². The quantitative estimate of drug-likeness (QED) is 0.560. The van der Waals surface area contributed by atoms with Gasteiger partial charge in [-0.3, -0.25) is 4.79 Å². The van der Waals surface area contributed by atoms with Crippen LogP contribution in [0.4, 0.5) is 0 Å². The first kappa shape index (κ1) is 12.1. The molecule has 0 aromatic heterocycles. The summed E-state index contributed by atoms with van der Waals surface area (Å²) >= 11 is 6.48. The number of carbonyl (C=O) groups is 1. The lowest BCUT2D eigenvalue weighted by molar-refractivity contribution is -0.116. The highest BCUT2D eigenvalue weighted by Crippen LogP contribution is 2.09. The number of alkyl halides is 1. The second-order valence-corrected chi connectivity index (χ2v) is 3.78. The third-order valence-corrected chi connectivity index (χ3v) is 2.45. The number of hydrogen-bond donors (Lipinski definition) is 0. The summed E-state index contributed by atoms with van der Waals surface area (Å²) in [6.45, 7) is 1.96. The number of rotatable bonds is 5. The van der Waals surface area contributed by atoms with E-state index in [1.165, 1.54) is 0 Å². The Balaban J connectivity index is 3.66. The van der Waals surface area contributed by atoms with E-state index in [1.807, 2.05) is 25.2 Å². The molecule has 0 atom stereocenters. The van der Waals surface area contributed by atoms with Crippen molar-refractivity contribution in [1.29, 1.82) is 0 Å². The molecule has 0 heterocycles. The Morgan fingerprint density at radius 3 is 2.67 bits per heavy atom. The van der Waals surface area contributed by atoms with Gasteiger partial charge in [0.1, 0.15) is 5.78 Å². The summed E-state index contributed by atoms with van der Waals surface area (Å²) in [4.78, 5) is 10.8. The number of halogens is 2. The average molecular weight is 296 g/mol. The fraction of sp³-hybridized carbons (Fsp3) is 0.444. The number of carbonyl (C=O) groups excluding carboxylic acids is 1. The van der Waals surface area contributed by atoms with Crippen LogP contribution in [0.15, 0.2) is 22.7 Å². The first-order chi connectivity index (χ1) is 5.70. The zero-order valence-electron chi connectivity index (χ0n) is 7.02. The van der Waals surface area contributed by atoms with Crippen LogP contribution in [-0.2, 0) is 4.79 Å². The second-order valence-electron chi connectivity index (χ2n) is 2.30. The van der Waals surface area contributed by atoms with Gasteiger partial charge in [-0.25, -0.2) is 0 Å². The molecule has 0 fully saturated rings. The van der Waals surface area contributed by atoms with Gasteiger partial charge in [0.15, 0.2) is 0 Å². The number of ketones is 1. The maximum Gasteiger partial charge on any atom is 0.143 e. The molecule has 0 aromatic carbocycles. The highest BCUT2D eigenvalue weighted by molar-refractivity contribution is 9.11. The van der Waals surface area contributed by atoms with Crippen molar-refractivity contribution < 1.29 is 4.79 Å². The van der Waals surface area contributed by atoms with Crippen molar-refractivity contribution in [3.63, 3.8) is 0 Å². The van der Waals surface area contributed by atoms with E-state index < -0.39 is 0 Å². The Bertz CT molecular complexity index is 195. The number of hydrogen-bond acceptors (Lipinski definition) is 1. The minimum absolute atomic E-state index is 0.243. The fourth-order valence-corrected chi connectivity index (χ4v) is 1.44. The van der Waals surface area contributed by atoms with Gasteiger partial charge in [0.05, 0.1) is 5.33 Å². The molecule has 68 valence electrons. The van der Waals surface area contributed by atoms with Gasteiger partial charge in [-0.05, 0) is 13.3 Å². The van der Waals surface area contributed by atoms with Gasteiger partial charge in [0, 0.05) is 10.9 Å². The normalized spacial score (nSPS) is 12.4. The van der Waals surface area contributed by atoms with Crippen LogP contribution < -0.4 is 0 Å². The van der Waals surface area contributed by atoms with Gasteiger partial charge in [-0.15, -0.1) is 0 Å². The molecule has 0 saturated heterocycles. The summed E-state index contributed by atoms with van der Waals surface area (Å²) < 4.78 is 1.03. The van der Waals surface area contributed by atoms with Crippen LogP contribution in [0.25, 0.3) is 0 Å². The van der Waals surface area contributed by atoms with Crippen molar-refractivity contribution in [2.75, 3.05) is 5.33 Å². The molecule has 0 aliphatic rings. The molecule has 0 aromatic rings. The first-order valence-corrected chi connectivity index (χ1v) is 5.68. The summed E-state index contributed by atoms with van der Waals surface area (Å²) in [5.41, 5.74) is 0. The summed E-state index contributed by atoms with van der Waals surface area (Å²) in [5.74, 6) is 0.243. The molecule has 0 N–H and O–H groups in total. The minimum atomic E-state index is 0.243. The molecule has 0 bridgehead atoms. The van der Waals surface area contributed by atoms with Crippen LogP contribution in [-0.4, -0.2) is 11.1 Å². The minimum Gasteiger partial charge on any atom is -0.299 e. The molecule has 12 heavy (non-hydrogen) atoms. The van der Waals surface area contributed by atoms with Crippen molar-refractivity contribution in [3.8, 4) is 0 Å². The van der Waals surface area contributed by atoms with E-state index in [-0.39, 0.29) is 5.78 Å². The standard InChI is InChI=1S/C9H12Br2O/c1-2-4-8(11)5-3-6-9(12)7-10/h2,4-5H,3,6-7H2,1H3/b4-2-,8-5+. The van der Waals surface area contributed by atoms with Crippen molar-refractivity contribution in [3.05, 3.63) is 22.7 Å². The summed E-state index contributed by atoms with van der Waals surface area (Å²) in [6, 6.07) is 0. The first-order valence-electron chi connectivity index (χ1n) is 3.76. The summed E-state index contributed by atoms with van der Waals surface area (Å²) in [6.07, 6.45) is 7.32. The maximum absolute atomic E-state index is 10.8. The topological polar surface area (TPSA) is 17.1 Å². The predicted octanol–water partition coefficient (Wildman–Crippen LogP) is 3.59. The molecule has 1 nitrogen and oxygen atoms in total. The Hall–Kier alpha value is 0.110. The Morgan fingerprint density at radius 1 is 1.50 bits per heavy atom. The monoisotopic (exact) mass is 294 g/mol. The number of Topliss-reactive ketones (excluding diaryl/α,β-unsaturated/α-hetero) is 1. The van der Waals surface area contributed by atoms with Gasteiger partial charge in [0.25, 0.3) is 0 Å². The van der Waals surface area contributed by atoms with Gasteiger partial charge < -0.3 is 0 Å². The van der Waals surface area contributed by atoms with E-state index in [1.54, 1.807) is 0 Å². The molecule has 0 aliphatic carbocycles. The lowest BCUT2D eigenvalue weighted by Gasteiger charge is -1.92. The van der Waals surface area contributed by atoms with E-state index in [2.05, 4.69) is 31.9 Å². The lowest BCUT2D eigenvalue weighted by atomic mass is 10.2. The number of allylic oxidation sites excluding steroid dienone is 4. The van der Waals surface area contributed by atoms with Crippen molar-refractivity contribution in [1.82, 2.24) is 0 Å². The highest BCUT2D eigenvalue weighted by Gasteiger charge is 1.95. The predicted molar refractivity (Wildman–Crippen MR) is 59.9 cm³/mol. The smallest absolute Gasteiger partial charge is 0.143 e. The van der Waals surface area contributed by atoms with Crippen LogP contribution in [0.5, 0.6) is 0 Å². The molecular formula is C9H12Br2O. The molecule has 0 amide bonds. The average Bonchev–Trinajstić information content (AvgIpc) is 2.04. The molecule has 0 unspecified atom stereocenters. The van der Waals surface area contributed by atoms with Crippen LogP contribution in [0.3, 0.4) is 0 Å². The van der Waals surface area contributed by atoms with Gasteiger partial charge in [-0.2, -0.15) is 0 Å². The summed E-state index contributed by atoms with van der Waals surface area (Å²) in [5, 5.41) is 0.460. The largest absolute Gasteiger partial charge is 0.299 e.